The first kappa shape index (κ1) is 19.6. The van der Waals surface area contributed by atoms with E-state index >= 15 is 0 Å². The molecule has 5 nitrogen and oxygen atoms in total. The Balaban J connectivity index is 1.58. The fourth-order valence-electron chi connectivity index (χ4n) is 4.85. The van der Waals surface area contributed by atoms with Crippen molar-refractivity contribution in [3.8, 4) is 0 Å². The first-order valence-electron chi connectivity index (χ1n) is 11.2. The number of fused-ring (bicyclic) bond motifs is 4. The maximum Gasteiger partial charge on any atom is 0.164 e. The van der Waals surface area contributed by atoms with Gasteiger partial charge in [-0.25, -0.2) is 9.98 Å². The van der Waals surface area contributed by atoms with E-state index < -0.39 is 0 Å². The molecule has 0 amide bonds. The van der Waals surface area contributed by atoms with Crippen molar-refractivity contribution in [2.75, 3.05) is 20.6 Å². The smallest absolute Gasteiger partial charge is 0.164 e. The summed E-state index contributed by atoms with van der Waals surface area (Å²) in [6.45, 7) is 2.90. The Morgan fingerprint density at radius 2 is 1.18 bits per heavy atom. The van der Waals surface area contributed by atoms with Crippen molar-refractivity contribution in [1.29, 1.82) is 0 Å². The lowest BCUT2D eigenvalue weighted by molar-refractivity contribution is 0.656. The molecule has 4 aromatic rings. The molecule has 0 spiro atoms. The third-order valence-electron chi connectivity index (χ3n) is 6.41. The molecule has 0 radical (unpaired) electrons. The van der Waals surface area contributed by atoms with Gasteiger partial charge in [0, 0.05) is 42.9 Å². The molecule has 0 aromatic heterocycles. The number of hydrogen-bond acceptors (Lipinski definition) is 3. The van der Waals surface area contributed by atoms with E-state index in [0.717, 1.165) is 46.3 Å². The Labute approximate surface area is 192 Å². The average molecular weight is 430 g/mol. The minimum absolute atomic E-state index is 0.696. The van der Waals surface area contributed by atoms with Gasteiger partial charge in [-0.1, -0.05) is 48.5 Å². The normalized spacial score (nSPS) is 18.6. The fraction of sp³-hybridized carbons (Fsp3) is 0.143. The summed E-state index contributed by atoms with van der Waals surface area (Å²) in [6.07, 6.45) is 0. The Morgan fingerprint density at radius 1 is 0.667 bits per heavy atom. The first-order chi connectivity index (χ1) is 16.2. The lowest BCUT2D eigenvalue weighted by Crippen LogP contribution is -2.31. The van der Waals surface area contributed by atoms with Gasteiger partial charge in [-0.2, -0.15) is 0 Å². The van der Waals surface area contributed by atoms with Crippen molar-refractivity contribution in [3.05, 3.63) is 95.1 Å². The Hall–Kier alpha value is -4.12. The molecule has 4 aromatic carbocycles. The number of hydrogen-bond donors (Lipinski definition) is 0. The van der Waals surface area contributed by atoms with Crippen molar-refractivity contribution in [1.82, 2.24) is 4.90 Å². The van der Waals surface area contributed by atoms with Gasteiger partial charge in [0.1, 0.15) is 11.7 Å². The molecule has 0 aliphatic carbocycles. The van der Waals surface area contributed by atoms with E-state index in [-0.39, 0.29) is 0 Å². The van der Waals surface area contributed by atoms with Crippen LogP contribution in [0.15, 0.2) is 92.8 Å². The van der Waals surface area contributed by atoms with Gasteiger partial charge in [0.2, 0.25) is 0 Å². The lowest BCUT2D eigenvalue weighted by atomic mass is 10.0. The summed E-state index contributed by atoms with van der Waals surface area (Å²) in [5.41, 5.74) is 4.24. The van der Waals surface area contributed by atoms with Crippen LogP contribution in [0.5, 0.6) is 0 Å². The quantitative estimate of drug-likeness (QED) is 0.406. The molecule has 0 bridgehead atoms. The highest BCUT2D eigenvalue weighted by molar-refractivity contribution is 6.32. The number of benzene rings is 4. The molecule has 2 aliphatic heterocycles. The Bertz CT molecular complexity index is 1570. The molecule has 6 rings (SSSR count). The average Bonchev–Trinajstić information content (AvgIpc) is 3.35. The zero-order valence-corrected chi connectivity index (χ0v) is 18.9. The molecule has 2 heterocycles. The molecule has 2 aliphatic rings. The van der Waals surface area contributed by atoms with Crippen LogP contribution in [0.25, 0.3) is 21.5 Å². The number of nitrogens with zero attached hydrogens (tertiary/aromatic N) is 5. The molecular formula is C28H23N5. The predicted molar refractivity (Wildman–Crippen MR) is 138 cm³/mol. The Morgan fingerprint density at radius 3 is 1.70 bits per heavy atom. The second kappa shape index (κ2) is 7.48. The van der Waals surface area contributed by atoms with E-state index in [9.17, 15) is 0 Å². The SMILES string of the molecule is CCN1/C(=N\C)c2cc3ccccc3cc2/C1=N/C1=NC(=N\C)/c2cc3ccccc3cc21. The van der Waals surface area contributed by atoms with Crippen molar-refractivity contribution in [3.63, 3.8) is 0 Å². The molecule has 5 heteroatoms. The number of aliphatic imine (C=N–C) groups is 4. The largest absolute Gasteiger partial charge is 0.311 e. The highest BCUT2D eigenvalue weighted by atomic mass is 15.3. The van der Waals surface area contributed by atoms with Crippen LogP contribution in [-0.2, 0) is 0 Å². The second-order valence-corrected chi connectivity index (χ2v) is 8.20. The van der Waals surface area contributed by atoms with Crippen LogP contribution in [0.1, 0.15) is 29.2 Å². The van der Waals surface area contributed by atoms with Crippen LogP contribution in [0.3, 0.4) is 0 Å². The highest BCUT2D eigenvalue weighted by Gasteiger charge is 2.32. The third kappa shape index (κ3) is 2.93. The molecule has 0 saturated heterocycles. The number of amidine groups is 4. The van der Waals surface area contributed by atoms with Crippen molar-refractivity contribution in [2.24, 2.45) is 20.0 Å². The van der Waals surface area contributed by atoms with Crippen LogP contribution in [0, 0.1) is 0 Å². The van der Waals surface area contributed by atoms with Crippen LogP contribution < -0.4 is 0 Å². The van der Waals surface area contributed by atoms with Gasteiger partial charge < -0.3 is 4.90 Å². The van der Waals surface area contributed by atoms with E-state index in [1.165, 1.54) is 21.5 Å². The Kier molecular flexibility index (Phi) is 4.44. The van der Waals surface area contributed by atoms with Gasteiger partial charge in [0.15, 0.2) is 11.7 Å². The topological polar surface area (TPSA) is 52.7 Å². The zero-order chi connectivity index (χ0) is 22.5. The van der Waals surface area contributed by atoms with E-state index in [1.807, 2.05) is 7.05 Å². The summed E-state index contributed by atoms with van der Waals surface area (Å²) < 4.78 is 0. The lowest BCUT2D eigenvalue weighted by Gasteiger charge is -2.17. The van der Waals surface area contributed by atoms with Crippen LogP contribution >= 0.6 is 0 Å². The zero-order valence-electron chi connectivity index (χ0n) is 18.9. The summed E-state index contributed by atoms with van der Waals surface area (Å²) in [5.74, 6) is 3.24. The summed E-state index contributed by atoms with van der Waals surface area (Å²) >= 11 is 0. The molecule has 0 N–H and O–H groups in total. The van der Waals surface area contributed by atoms with Crippen LogP contribution in [0.2, 0.25) is 0 Å². The molecule has 0 atom stereocenters. The van der Waals surface area contributed by atoms with Crippen molar-refractivity contribution in [2.45, 2.75) is 6.92 Å². The van der Waals surface area contributed by atoms with Crippen molar-refractivity contribution < 1.29 is 0 Å². The summed E-state index contributed by atoms with van der Waals surface area (Å²) in [5, 5.41) is 4.73. The predicted octanol–water partition coefficient (Wildman–Crippen LogP) is 5.29. The van der Waals surface area contributed by atoms with Crippen LogP contribution in [0.4, 0.5) is 0 Å². The monoisotopic (exact) mass is 429 g/mol. The molecule has 0 unspecified atom stereocenters. The van der Waals surface area contributed by atoms with E-state index in [1.54, 1.807) is 7.05 Å². The molecular weight excluding hydrogens is 406 g/mol. The maximum absolute atomic E-state index is 5.15. The van der Waals surface area contributed by atoms with Crippen LogP contribution in [-0.4, -0.2) is 48.9 Å². The fourth-order valence-corrected chi connectivity index (χ4v) is 4.85. The molecule has 0 saturated carbocycles. The second-order valence-electron chi connectivity index (χ2n) is 8.20. The molecule has 0 fully saturated rings. The van der Waals surface area contributed by atoms with Gasteiger partial charge in [0.25, 0.3) is 0 Å². The third-order valence-corrected chi connectivity index (χ3v) is 6.41. The van der Waals surface area contributed by atoms with E-state index in [2.05, 4.69) is 94.6 Å². The summed E-state index contributed by atoms with van der Waals surface area (Å²) in [4.78, 5) is 21.2. The van der Waals surface area contributed by atoms with Gasteiger partial charge in [-0.3, -0.25) is 9.98 Å². The van der Waals surface area contributed by atoms with E-state index in [4.69, 9.17) is 9.98 Å². The molecule has 160 valence electrons. The highest BCUT2D eigenvalue weighted by Crippen LogP contribution is 2.31. The molecule has 33 heavy (non-hydrogen) atoms. The van der Waals surface area contributed by atoms with E-state index in [0.29, 0.717) is 5.84 Å². The van der Waals surface area contributed by atoms with Crippen molar-refractivity contribution >= 4 is 44.9 Å². The summed E-state index contributed by atoms with van der Waals surface area (Å²) in [6, 6.07) is 25.5. The summed E-state index contributed by atoms with van der Waals surface area (Å²) in [7, 11) is 3.63. The van der Waals surface area contributed by atoms with Gasteiger partial charge in [-0.05, 0) is 52.7 Å². The maximum atomic E-state index is 5.15. The van der Waals surface area contributed by atoms with Gasteiger partial charge in [0.05, 0.1) is 0 Å². The van der Waals surface area contributed by atoms with Gasteiger partial charge >= 0.3 is 0 Å². The van der Waals surface area contributed by atoms with Gasteiger partial charge in [-0.15, -0.1) is 0 Å². The minimum Gasteiger partial charge on any atom is -0.311 e. The standard InChI is InChI=1S/C28H23N5/c1-4-33-27(30-3)23-15-19-11-7-8-12-20(19)16-24(23)28(33)32-26-22-14-18-10-6-5-9-17(18)13-21(22)25(29-2)31-26/h5-16H,4H2,1-3H3/b29-25-,30-27-,32-28-. The first-order valence-corrected chi connectivity index (χ1v) is 11.2. The number of rotatable bonds is 1. The minimum atomic E-state index is 0.696.